The van der Waals surface area contributed by atoms with E-state index in [1.807, 2.05) is 0 Å². The summed E-state index contributed by atoms with van der Waals surface area (Å²) in [5.74, 6) is 0. The molecule has 0 aromatic rings. The Balaban J connectivity index is 1.11. The Hall–Kier alpha value is -1.32. The summed E-state index contributed by atoms with van der Waals surface area (Å²) in [5.41, 5.74) is 0. The summed E-state index contributed by atoms with van der Waals surface area (Å²) in [6.45, 7) is -4.95. The number of rotatable bonds is 16. The van der Waals surface area contributed by atoms with Gasteiger partial charge in [-0.2, -0.15) is 0 Å². The van der Waals surface area contributed by atoms with Crippen LogP contribution in [0.4, 0.5) is 0 Å². The standard InChI is InChI=1S/C39H66O33/c40-1-11-30(20(49)23(52)33(59)66-11)70-38-28(57)21(50)32(14(68-38)7-65-36-26(55)17(46)10(43)4-62-36)72-39-29(58)22(51)31(13(69-39)6-64-35-25(54)16(45)9(42)3-61-35)71-37-27(56)19(48)18(47)12(67-37)5-63-34-24(53)15(44)8(41)2-60-34/h8-59H,1-7H2/t8-,9-,10-,11-,12-,13-,14-,15+,16+,17+,18-,19+,20-,21-,22-,23-,24-,25-,26-,27-,28-,29-,30-,31-,32-,33-,34-,35-,36-,37+,38+,39+/m1/s1. The first-order valence-corrected chi connectivity index (χ1v) is 22.9. The van der Waals surface area contributed by atoms with Gasteiger partial charge in [0.25, 0.3) is 0 Å². The fourth-order valence-corrected chi connectivity index (χ4v) is 8.85. The molecule has 0 spiro atoms. The van der Waals surface area contributed by atoms with E-state index in [1.54, 1.807) is 0 Å². The van der Waals surface area contributed by atoms with Gasteiger partial charge in [0, 0.05) is 0 Å². The quantitative estimate of drug-likeness (QED) is 0.0682. The van der Waals surface area contributed by atoms with Crippen LogP contribution in [0, 0.1) is 0 Å². The van der Waals surface area contributed by atoms with Crippen molar-refractivity contribution in [3.8, 4) is 0 Å². The topological polar surface area (TPSA) is 525 Å². The molecule has 20 N–H and O–H groups in total. The molecule has 0 aliphatic carbocycles. The van der Waals surface area contributed by atoms with E-state index in [0.717, 1.165) is 0 Å². The predicted octanol–water partition coefficient (Wildman–Crippen LogP) is -14.4. The molecule has 0 saturated carbocycles. The van der Waals surface area contributed by atoms with Gasteiger partial charge in [-0.3, -0.25) is 0 Å². The maximum Gasteiger partial charge on any atom is 0.187 e. The maximum absolute atomic E-state index is 11.7. The third-order valence-electron chi connectivity index (χ3n) is 13.3. The highest BCUT2D eigenvalue weighted by Crippen LogP contribution is 2.36. The van der Waals surface area contributed by atoms with E-state index < -0.39 is 243 Å². The van der Waals surface area contributed by atoms with Crippen LogP contribution in [0.3, 0.4) is 0 Å². The molecule has 7 aliphatic rings. The molecule has 0 unspecified atom stereocenters. The molecule has 0 aromatic carbocycles. The summed E-state index contributed by atoms with van der Waals surface area (Å²) in [7, 11) is 0. The highest BCUT2D eigenvalue weighted by atomic mass is 16.8. The molecule has 33 heteroatoms. The first-order chi connectivity index (χ1) is 34.0. The molecule has 7 heterocycles. The van der Waals surface area contributed by atoms with Crippen LogP contribution in [0.5, 0.6) is 0 Å². The van der Waals surface area contributed by atoms with Crippen molar-refractivity contribution in [2.24, 2.45) is 0 Å². The van der Waals surface area contributed by atoms with Crippen molar-refractivity contribution < 1.29 is 164 Å². The van der Waals surface area contributed by atoms with Gasteiger partial charge >= 0.3 is 0 Å². The van der Waals surface area contributed by atoms with Crippen LogP contribution in [-0.4, -0.2) is 345 Å². The molecule has 0 aromatic heterocycles. The van der Waals surface area contributed by atoms with Gasteiger partial charge in [-0.1, -0.05) is 0 Å². The highest BCUT2D eigenvalue weighted by Gasteiger charge is 2.56. The van der Waals surface area contributed by atoms with E-state index in [1.165, 1.54) is 0 Å². The van der Waals surface area contributed by atoms with E-state index in [0.29, 0.717) is 0 Å². The zero-order valence-corrected chi connectivity index (χ0v) is 37.7. The van der Waals surface area contributed by atoms with Crippen LogP contribution in [0.2, 0.25) is 0 Å². The van der Waals surface area contributed by atoms with E-state index >= 15 is 0 Å². The van der Waals surface area contributed by atoms with E-state index in [4.69, 9.17) is 61.6 Å². The lowest BCUT2D eigenvalue weighted by Crippen LogP contribution is -2.68. The molecular weight excluding hydrogens is 996 g/mol. The Labute approximate surface area is 406 Å². The van der Waals surface area contributed by atoms with Crippen molar-refractivity contribution in [2.75, 3.05) is 46.2 Å². The van der Waals surface area contributed by atoms with Crippen LogP contribution in [0.1, 0.15) is 0 Å². The molecule has 7 aliphatic heterocycles. The Morgan fingerprint density at radius 2 is 0.597 bits per heavy atom. The van der Waals surface area contributed by atoms with Gasteiger partial charge in [0.15, 0.2) is 44.0 Å². The van der Waals surface area contributed by atoms with Gasteiger partial charge in [0.2, 0.25) is 0 Å². The lowest BCUT2D eigenvalue weighted by molar-refractivity contribution is -0.393. The SMILES string of the molecule is OC[C@H]1O[C@@H](O)[C@H](O)[C@@H](O)[C@@H]1O[C@@H]1O[C@H](CO[C@H]2OC[C@@H](O)[C@H](O)[C@H]2O)[C@@H](O[C@@H]2O[C@H](CO[C@H]3OC[C@@H](O)[C@H](O)[C@H]3O)[C@@H](O[C@@H]3O[C@H](CO[C@H]4OC[C@@H](O)[C@H](O)[C@H]4O)[C@@H](O)[C@H](O)[C@H]3O)[C@H](O)[C@H]2O)[C@H](O)[C@H]1O. The highest BCUT2D eigenvalue weighted by molar-refractivity contribution is 4.99. The lowest BCUT2D eigenvalue weighted by atomic mass is 9.95. The molecule has 0 bridgehead atoms. The molecule has 32 atom stereocenters. The number of aliphatic hydroxyl groups excluding tert-OH is 20. The summed E-state index contributed by atoms with van der Waals surface area (Å²) >= 11 is 0. The maximum atomic E-state index is 11.7. The Morgan fingerprint density at radius 1 is 0.292 bits per heavy atom. The molecule has 7 fully saturated rings. The summed E-state index contributed by atoms with van der Waals surface area (Å²) < 4.78 is 72.6. The van der Waals surface area contributed by atoms with Crippen molar-refractivity contribution in [1.29, 1.82) is 0 Å². The van der Waals surface area contributed by atoms with Crippen LogP contribution in [-0.2, 0) is 61.6 Å². The zero-order chi connectivity index (χ0) is 52.6. The average Bonchev–Trinajstić information content (AvgIpc) is 3.36. The first kappa shape index (κ1) is 58.4. The number of hydrogen-bond donors (Lipinski definition) is 20. The summed E-state index contributed by atoms with van der Waals surface area (Å²) in [5, 5.41) is 211. The van der Waals surface area contributed by atoms with Gasteiger partial charge in [-0.25, -0.2) is 0 Å². The molecule has 72 heavy (non-hydrogen) atoms. The minimum atomic E-state index is -2.30. The minimum absolute atomic E-state index is 0.471. The van der Waals surface area contributed by atoms with E-state index in [9.17, 15) is 102 Å². The number of hydrogen-bond acceptors (Lipinski definition) is 33. The van der Waals surface area contributed by atoms with Crippen LogP contribution < -0.4 is 0 Å². The van der Waals surface area contributed by atoms with Crippen molar-refractivity contribution in [2.45, 2.75) is 197 Å². The molecule has 7 rings (SSSR count). The molecule has 0 radical (unpaired) electrons. The monoisotopic (exact) mass is 1060 g/mol. The van der Waals surface area contributed by atoms with Crippen LogP contribution in [0.15, 0.2) is 0 Å². The minimum Gasteiger partial charge on any atom is -0.394 e. The number of aliphatic hydroxyl groups is 20. The Bertz CT molecular complexity index is 1660. The second kappa shape index (κ2) is 25.0. The average molecular weight is 1060 g/mol. The van der Waals surface area contributed by atoms with Crippen molar-refractivity contribution in [1.82, 2.24) is 0 Å². The van der Waals surface area contributed by atoms with Crippen LogP contribution >= 0.6 is 0 Å². The lowest BCUT2D eigenvalue weighted by Gasteiger charge is -2.49. The second-order valence-corrected chi connectivity index (χ2v) is 18.3. The Morgan fingerprint density at radius 3 is 0.972 bits per heavy atom. The summed E-state index contributed by atoms with van der Waals surface area (Å²) in [6.07, 6.45) is -60.4. The van der Waals surface area contributed by atoms with E-state index in [2.05, 4.69) is 0 Å². The molecular formula is C39H66O33. The second-order valence-electron chi connectivity index (χ2n) is 18.3. The molecule has 33 nitrogen and oxygen atoms in total. The summed E-state index contributed by atoms with van der Waals surface area (Å²) in [4.78, 5) is 0. The fraction of sp³-hybridized carbons (Fsp3) is 1.00. The fourth-order valence-electron chi connectivity index (χ4n) is 8.85. The first-order valence-electron chi connectivity index (χ1n) is 22.9. The van der Waals surface area contributed by atoms with Gasteiger partial charge < -0.3 is 164 Å². The van der Waals surface area contributed by atoms with Gasteiger partial charge in [-0.05, 0) is 0 Å². The predicted molar refractivity (Wildman–Crippen MR) is 214 cm³/mol. The molecule has 7 saturated heterocycles. The van der Waals surface area contributed by atoms with Crippen molar-refractivity contribution in [3.63, 3.8) is 0 Å². The smallest absolute Gasteiger partial charge is 0.187 e. The van der Waals surface area contributed by atoms with E-state index in [-0.39, 0.29) is 0 Å². The van der Waals surface area contributed by atoms with Gasteiger partial charge in [0.05, 0.1) is 46.2 Å². The van der Waals surface area contributed by atoms with Crippen molar-refractivity contribution >= 4 is 0 Å². The largest absolute Gasteiger partial charge is 0.394 e. The number of ether oxygens (including phenoxy) is 13. The normalized spacial score (nSPS) is 53.8. The summed E-state index contributed by atoms with van der Waals surface area (Å²) in [6, 6.07) is 0. The van der Waals surface area contributed by atoms with Gasteiger partial charge in [-0.15, -0.1) is 0 Å². The molecule has 0 amide bonds. The third-order valence-corrected chi connectivity index (χ3v) is 13.3. The van der Waals surface area contributed by atoms with Crippen molar-refractivity contribution in [3.05, 3.63) is 0 Å². The molecule has 420 valence electrons. The van der Waals surface area contributed by atoms with Gasteiger partial charge in [0.1, 0.15) is 153 Å². The van der Waals surface area contributed by atoms with Crippen LogP contribution in [0.25, 0.3) is 0 Å². The third kappa shape index (κ3) is 12.5. The zero-order valence-electron chi connectivity index (χ0n) is 37.7. The Kier molecular flexibility index (Phi) is 20.3.